The van der Waals surface area contributed by atoms with E-state index in [0.29, 0.717) is 19.5 Å². The van der Waals surface area contributed by atoms with Gasteiger partial charge in [0, 0.05) is 25.7 Å². The van der Waals surface area contributed by atoms with Crippen LogP contribution in [-0.2, 0) is 11.3 Å². The van der Waals surface area contributed by atoms with E-state index < -0.39 is 0 Å². The number of aliphatic hydroxyl groups excluding tert-OH is 1. The van der Waals surface area contributed by atoms with Crippen LogP contribution in [0, 0.1) is 10.5 Å². The first-order valence-corrected chi connectivity index (χ1v) is 5.78. The van der Waals surface area contributed by atoms with Crippen molar-refractivity contribution in [1.82, 2.24) is 15.1 Å². The summed E-state index contributed by atoms with van der Waals surface area (Å²) >= 11 is 2.21. The Bertz CT molecular complexity index is 319. The van der Waals surface area contributed by atoms with E-state index >= 15 is 0 Å². The maximum atomic E-state index is 11.2. The Kier molecular flexibility index (Phi) is 5.03. The molecule has 0 radical (unpaired) electrons. The predicted octanol–water partition coefficient (Wildman–Crippen LogP) is 0.295. The molecular weight excluding hydrogens is 309 g/mol. The molecule has 0 fully saturated rings. The molecule has 0 saturated carbocycles. The lowest BCUT2D eigenvalue weighted by atomic mass is 10.4. The Labute approximate surface area is 102 Å². The van der Waals surface area contributed by atoms with Crippen LogP contribution in [0.5, 0.6) is 0 Å². The number of aromatic nitrogens is 2. The first-order valence-electron chi connectivity index (χ1n) is 4.70. The van der Waals surface area contributed by atoms with E-state index in [1.54, 1.807) is 4.68 Å². The van der Waals surface area contributed by atoms with Crippen LogP contribution in [0.25, 0.3) is 0 Å². The van der Waals surface area contributed by atoms with E-state index in [-0.39, 0.29) is 12.5 Å². The fraction of sp³-hybridized carbons (Fsp3) is 0.556. The molecule has 0 saturated heterocycles. The quantitative estimate of drug-likeness (QED) is 0.766. The number of hydrogen-bond acceptors (Lipinski definition) is 3. The number of carbonyl (C=O) groups excluding carboxylic acids is 1. The van der Waals surface area contributed by atoms with Gasteiger partial charge in [-0.1, -0.05) is 0 Å². The van der Waals surface area contributed by atoms with Gasteiger partial charge in [0.05, 0.1) is 15.9 Å². The third kappa shape index (κ3) is 4.17. The first-order chi connectivity index (χ1) is 7.13. The zero-order valence-electron chi connectivity index (χ0n) is 8.53. The fourth-order valence-electron chi connectivity index (χ4n) is 1.11. The standard InChI is InChI=1S/C9H14IN3O2/c1-7-8(10)6-13(12-7)4-2-9(15)11-3-5-14/h6,14H,2-5H2,1H3,(H,11,15). The van der Waals surface area contributed by atoms with Crippen molar-refractivity contribution >= 4 is 28.5 Å². The second kappa shape index (κ2) is 6.06. The third-order valence-electron chi connectivity index (χ3n) is 1.89. The number of carbonyl (C=O) groups is 1. The van der Waals surface area contributed by atoms with Crippen LogP contribution in [0.3, 0.4) is 0 Å². The van der Waals surface area contributed by atoms with E-state index in [1.807, 2.05) is 13.1 Å². The Morgan fingerprint density at radius 3 is 3.00 bits per heavy atom. The van der Waals surface area contributed by atoms with Gasteiger partial charge in [0.25, 0.3) is 0 Å². The second-order valence-electron chi connectivity index (χ2n) is 3.15. The summed E-state index contributed by atoms with van der Waals surface area (Å²) in [6, 6.07) is 0. The minimum atomic E-state index is -0.0628. The van der Waals surface area contributed by atoms with Crippen LogP contribution < -0.4 is 5.32 Å². The van der Waals surface area contributed by atoms with Gasteiger partial charge in [-0.25, -0.2) is 0 Å². The van der Waals surface area contributed by atoms with Crippen molar-refractivity contribution in [3.05, 3.63) is 15.5 Å². The molecule has 0 unspecified atom stereocenters. The number of halogens is 1. The molecule has 5 nitrogen and oxygen atoms in total. The lowest BCUT2D eigenvalue weighted by Gasteiger charge is -2.02. The molecule has 2 N–H and O–H groups in total. The monoisotopic (exact) mass is 323 g/mol. The van der Waals surface area contributed by atoms with Crippen LogP contribution in [0.4, 0.5) is 0 Å². The second-order valence-corrected chi connectivity index (χ2v) is 4.31. The number of nitrogens with zero attached hydrogens (tertiary/aromatic N) is 2. The molecule has 84 valence electrons. The number of amides is 1. The Morgan fingerprint density at radius 1 is 1.73 bits per heavy atom. The van der Waals surface area contributed by atoms with Gasteiger partial charge in [0.2, 0.25) is 5.91 Å². The minimum absolute atomic E-state index is 0.0233. The van der Waals surface area contributed by atoms with Crippen molar-refractivity contribution < 1.29 is 9.90 Å². The number of nitrogens with one attached hydrogen (secondary N) is 1. The Balaban J connectivity index is 2.33. The van der Waals surface area contributed by atoms with E-state index in [0.717, 1.165) is 9.26 Å². The molecule has 0 spiro atoms. The summed E-state index contributed by atoms with van der Waals surface area (Å²) in [6.07, 6.45) is 2.30. The van der Waals surface area contributed by atoms with Crippen LogP contribution in [0.1, 0.15) is 12.1 Å². The van der Waals surface area contributed by atoms with Crippen LogP contribution in [-0.4, -0.2) is 33.9 Å². The van der Waals surface area contributed by atoms with Crippen molar-refractivity contribution in [2.75, 3.05) is 13.2 Å². The first kappa shape index (κ1) is 12.4. The number of hydrogen-bond donors (Lipinski definition) is 2. The third-order valence-corrected chi connectivity index (χ3v) is 2.95. The maximum Gasteiger partial charge on any atom is 0.221 e. The van der Waals surface area contributed by atoms with Gasteiger partial charge in [-0.2, -0.15) is 5.10 Å². The molecule has 15 heavy (non-hydrogen) atoms. The average Bonchev–Trinajstić information content (AvgIpc) is 2.52. The molecular formula is C9H14IN3O2. The van der Waals surface area contributed by atoms with Crippen molar-refractivity contribution in [3.8, 4) is 0 Å². The van der Waals surface area contributed by atoms with Gasteiger partial charge in [-0.3, -0.25) is 9.48 Å². The molecule has 1 amide bonds. The molecule has 0 aromatic carbocycles. The zero-order chi connectivity index (χ0) is 11.3. The van der Waals surface area contributed by atoms with E-state index in [2.05, 4.69) is 33.0 Å². The van der Waals surface area contributed by atoms with Crippen molar-refractivity contribution in [2.45, 2.75) is 19.9 Å². The van der Waals surface area contributed by atoms with Gasteiger partial charge in [0.1, 0.15) is 0 Å². The van der Waals surface area contributed by atoms with Gasteiger partial charge >= 0.3 is 0 Å². The summed E-state index contributed by atoms with van der Waals surface area (Å²) < 4.78 is 2.86. The van der Waals surface area contributed by atoms with Gasteiger partial charge in [-0.05, 0) is 29.5 Å². The highest BCUT2D eigenvalue weighted by atomic mass is 127. The molecule has 1 heterocycles. The highest BCUT2D eigenvalue weighted by Crippen LogP contribution is 2.08. The summed E-state index contributed by atoms with van der Waals surface area (Å²) in [6.45, 7) is 2.80. The van der Waals surface area contributed by atoms with Crippen molar-refractivity contribution in [2.24, 2.45) is 0 Å². The highest BCUT2D eigenvalue weighted by molar-refractivity contribution is 14.1. The molecule has 0 aliphatic carbocycles. The summed E-state index contributed by atoms with van der Waals surface area (Å²) in [4.78, 5) is 11.2. The predicted molar refractivity (Wildman–Crippen MR) is 64.4 cm³/mol. The van der Waals surface area contributed by atoms with Gasteiger partial charge in [-0.15, -0.1) is 0 Å². The lowest BCUT2D eigenvalue weighted by Crippen LogP contribution is -2.27. The van der Waals surface area contributed by atoms with E-state index in [1.165, 1.54) is 0 Å². The molecule has 1 aromatic rings. The SMILES string of the molecule is Cc1nn(CCC(=O)NCCO)cc1I. The fourth-order valence-corrected chi connectivity index (χ4v) is 1.54. The normalized spacial score (nSPS) is 10.3. The summed E-state index contributed by atoms with van der Waals surface area (Å²) in [5.74, 6) is -0.0628. The molecule has 0 bridgehead atoms. The molecule has 0 aliphatic rings. The average molecular weight is 323 g/mol. The molecule has 1 rings (SSSR count). The summed E-state index contributed by atoms with van der Waals surface area (Å²) in [7, 11) is 0. The minimum Gasteiger partial charge on any atom is -0.395 e. The summed E-state index contributed by atoms with van der Waals surface area (Å²) in [5, 5.41) is 15.3. The van der Waals surface area contributed by atoms with Gasteiger partial charge < -0.3 is 10.4 Å². The molecule has 6 heteroatoms. The smallest absolute Gasteiger partial charge is 0.221 e. The highest BCUT2D eigenvalue weighted by Gasteiger charge is 2.04. The van der Waals surface area contributed by atoms with Crippen LogP contribution in [0.2, 0.25) is 0 Å². The summed E-state index contributed by atoms with van der Waals surface area (Å²) in [5.41, 5.74) is 0.978. The van der Waals surface area contributed by atoms with E-state index in [4.69, 9.17) is 5.11 Å². The maximum absolute atomic E-state index is 11.2. The zero-order valence-corrected chi connectivity index (χ0v) is 10.7. The lowest BCUT2D eigenvalue weighted by molar-refractivity contribution is -0.121. The Hall–Kier alpha value is -0.630. The number of aryl methyl sites for hydroxylation is 2. The van der Waals surface area contributed by atoms with Gasteiger partial charge in [0.15, 0.2) is 0 Å². The van der Waals surface area contributed by atoms with Crippen molar-refractivity contribution in [1.29, 1.82) is 0 Å². The van der Waals surface area contributed by atoms with Crippen LogP contribution >= 0.6 is 22.6 Å². The molecule has 0 aliphatic heterocycles. The van der Waals surface area contributed by atoms with Crippen molar-refractivity contribution in [3.63, 3.8) is 0 Å². The number of rotatable bonds is 5. The largest absolute Gasteiger partial charge is 0.395 e. The molecule has 0 atom stereocenters. The number of aliphatic hydroxyl groups is 1. The molecule has 1 aromatic heterocycles. The topological polar surface area (TPSA) is 67.2 Å². The van der Waals surface area contributed by atoms with Crippen LogP contribution in [0.15, 0.2) is 6.20 Å². The van der Waals surface area contributed by atoms with E-state index in [9.17, 15) is 4.79 Å². The Morgan fingerprint density at radius 2 is 2.47 bits per heavy atom.